The molecule has 2 amide bonds. The number of carbonyl (C=O) groups excluding carboxylic acids is 2. The van der Waals surface area contributed by atoms with Crippen LogP contribution in [0.15, 0.2) is 28.9 Å². The molecule has 2 N–H and O–H groups in total. The molecule has 138 valence electrons. The van der Waals surface area contributed by atoms with Crippen molar-refractivity contribution in [3.63, 3.8) is 0 Å². The number of aromatic amines is 1. The van der Waals surface area contributed by atoms with Crippen LogP contribution in [0.5, 0.6) is 0 Å². The lowest BCUT2D eigenvalue weighted by Gasteiger charge is -2.31. The van der Waals surface area contributed by atoms with Crippen LogP contribution >= 0.6 is 15.9 Å². The molecule has 2 aromatic heterocycles. The molecule has 0 aliphatic carbocycles. The summed E-state index contributed by atoms with van der Waals surface area (Å²) in [6.45, 7) is 3.13. The predicted molar refractivity (Wildman–Crippen MR) is 102 cm³/mol. The summed E-state index contributed by atoms with van der Waals surface area (Å²) >= 11 is 3.32. The number of hydrogen-bond donors (Lipinski definition) is 2. The summed E-state index contributed by atoms with van der Waals surface area (Å²) in [6.07, 6.45) is 5.05. The van der Waals surface area contributed by atoms with Gasteiger partial charge in [0.25, 0.3) is 5.91 Å². The first-order valence-corrected chi connectivity index (χ1v) is 9.62. The number of rotatable bonds is 5. The van der Waals surface area contributed by atoms with E-state index in [4.69, 9.17) is 0 Å². The monoisotopic (exact) mass is 419 g/mol. The smallest absolute Gasteiger partial charge is 0.274 e. The van der Waals surface area contributed by atoms with Gasteiger partial charge in [-0.3, -0.25) is 14.7 Å². The van der Waals surface area contributed by atoms with E-state index in [0.717, 1.165) is 35.8 Å². The minimum atomic E-state index is -0.243. The Bertz CT molecular complexity index is 774. The van der Waals surface area contributed by atoms with Crippen molar-refractivity contribution in [2.75, 3.05) is 18.4 Å². The van der Waals surface area contributed by atoms with Gasteiger partial charge < -0.3 is 10.2 Å². The number of likely N-dealkylation sites (tertiary alicyclic amines) is 1. The number of aryl methyl sites for hydroxylation is 1. The van der Waals surface area contributed by atoms with Crippen LogP contribution in [0.2, 0.25) is 0 Å². The first-order chi connectivity index (χ1) is 12.6. The standard InChI is InChI=1S/C18H22BrN5O2/c1-2-4-14-9-15(23-22-14)18(26)24-8-3-5-12(11-24)17(25)21-16-7-6-13(19)10-20-16/h6-7,9-10,12H,2-5,8,11H2,1H3,(H,22,23)(H,20,21,25). The fourth-order valence-electron chi connectivity index (χ4n) is 3.08. The lowest BCUT2D eigenvalue weighted by Crippen LogP contribution is -2.44. The van der Waals surface area contributed by atoms with E-state index in [1.165, 1.54) is 0 Å². The fraction of sp³-hybridized carbons (Fsp3) is 0.444. The predicted octanol–water partition coefficient (Wildman–Crippen LogP) is 3.01. The zero-order valence-corrected chi connectivity index (χ0v) is 16.3. The van der Waals surface area contributed by atoms with Crippen molar-refractivity contribution in [1.29, 1.82) is 0 Å². The highest BCUT2D eigenvalue weighted by Crippen LogP contribution is 2.20. The Kier molecular flexibility index (Phi) is 6.03. The van der Waals surface area contributed by atoms with Crippen molar-refractivity contribution in [2.24, 2.45) is 5.92 Å². The molecule has 1 aliphatic heterocycles. The number of nitrogens with zero attached hydrogens (tertiary/aromatic N) is 3. The lowest BCUT2D eigenvalue weighted by molar-refractivity contribution is -0.121. The van der Waals surface area contributed by atoms with Crippen molar-refractivity contribution < 1.29 is 9.59 Å². The second kappa shape index (κ2) is 8.44. The minimum absolute atomic E-state index is 0.106. The molecule has 1 fully saturated rings. The lowest BCUT2D eigenvalue weighted by atomic mass is 9.97. The first kappa shape index (κ1) is 18.6. The van der Waals surface area contributed by atoms with E-state index >= 15 is 0 Å². The molecule has 1 aliphatic rings. The Labute approximate surface area is 160 Å². The number of anilines is 1. The number of piperidine rings is 1. The van der Waals surface area contributed by atoms with E-state index in [-0.39, 0.29) is 17.7 Å². The van der Waals surface area contributed by atoms with Crippen molar-refractivity contribution in [1.82, 2.24) is 20.1 Å². The maximum atomic E-state index is 12.7. The topological polar surface area (TPSA) is 91.0 Å². The van der Waals surface area contributed by atoms with E-state index in [2.05, 4.69) is 43.4 Å². The highest BCUT2D eigenvalue weighted by atomic mass is 79.9. The number of pyridine rings is 1. The van der Waals surface area contributed by atoms with Crippen LogP contribution < -0.4 is 5.32 Å². The minimum Gasteiger partial charge on any atom is -0.336 e. The van der Waals surface area contributed by atoms with E-state index in [0.29, 0.717) is 24.6 Å². The number of amides is 2. The molecular weight excluding hydrogens is 398 g/mol. The van der Waals surface area contributed by atoms with Crippen molar-refractivity contribution in [2.45, 2.75) is 32.6 Å². The average molecular weight is 420 g/mol. The van der Waals surface area contributed by atoms with Gasteiger partial charge in [-0.05, 0) is 53.4 Å². The molecule has 2 aromatic rings. The van der Waals surface area contributed by atoms with E-state index in [1.54, 1.807) is 23.2 Å². The van der Waals surface area contributed by atoms with Crippen molar-refractivity contribution in [3.05, 3.63) is 40.3 Å². The molecule has 0 saturated carbocycles. The summed E-state index contributed by atoms with van der Waals surface area (Å²) in [4.78, 5) is 31.1. The van der Waals surface area contributed by atoms with Crippen LogP contribution in [0.3, 0.4) is 0 Å². The molecular formula is C18H22BrN5O2. The van der Waals surface area contributed by atoms with Gasteiger partial charge in [0.1, 0.15) is 11.5 Å². The molecule has 7 nitrogen and oxygen atoms in total. The number of aromatic nitrogens is 3. The van der Waals surface area contributed by atoms with Crippen LogP contribution in [0, 0.1) is 5.92 Å². The average Bonchev–Trinajstić information content (AvgIpc) is 3.12. The third-order valence-electron chi connectivity index (χ3n) is 4.43. The largest absolute Gasteiger partial charge is 0.336 e. The first-order valence-electron chi connectivity index (χ1n) is 8.82. The van der Waals surface area contributed by atoms with Gasteiger partial charge in [0.15, 0.2) is 0 Å². The maximum Gasteiger partial charge on any atom is 0.274 e. The Hall–Kier alpha value is -2.22. The summed E-state index contributed by atoms with van der Waals surface area (Å²) in [7, 11) is 0. The summed E-state index contributed by atoms with van der Waals surface area (Å²) in [5, 5.41) is 9.86. The number of halogens is 1. The van der Waals surface area contributed by atoms with E-state index in [9.17, 15) is 9.59 Å². The van der Waals surface area contributed by atoms with Crippen LogP contribution in [0.4, 0.5) is 5.82 Å². The Morgan fingerprint density at radius 2 is 2.27 bits per heavy atom. The van der Waals surface area contributed by atoms with Gasteiger partial charge in [-0.1, -0.05) is 13.3 Å². The van der Waals surface area contributed by atoms with E-state index in [1.807, 2.05) is 6.07 Å². The van der Waals surface area contributed by atoms with Gasteiger partial charge in [-0.25, -0.2) is 4.98 Å². The van der Waals surface area contributed by atoms with Gasteiger partial charge in [0.2, 0.25) is 5.91 Å². The van der Waals surface area contributed by atoms with Gasteiger partial charge in [-0.15, -0.1) is 0 Å². The molecule has 3 rings (SSSR count). The van der Waals surface area contributed by atoms with Crippen molar-refractivity contribution in [3.8, 4) is 0 Å². The second-order valence-corrected chi connectivity index (χ2v) is 7.39. The molecule has 1 saturated heterocycles. The van der Waals surface area contributed by atoms with Crippen LogP contribution in [-0.4, -0.2) is 45.0 Å². The Balaban J connectivity index is 1.61. The quantitative estimate of drug-likeness (QED) is 0.778. The Morgan fingerprint density at radius 3 is 3.00 bits per heavy atom. The highest BCUT2D eigenvalue weighted by Gasteiger charge is 2.30. The molecule has 1 unspecified atom stereocenters. The van der Waals surface area contributed by atoms with Gasteiger partial charge in [0, 0.05) is 29.5 Å². The van der Waals surface area contributed by atoms with E-state index < -0.39 is 0 Å². The number of hydrogen-bond acceptors (Lipinski definition) is 4. The van der Waals surface area contributed by atoms with Gasteiger partial charge in [0.05, 0.1) is 5.92 Å². The molecule has 3 heterocycles. The number of H-pyrrole nitrogens is 1. The third-order valence-corrected chi connectivity index (χ3v) is 4.90. The molecule has 0 radical (unpaired) electrons. The van der Waals surface area contributed by atoms with Crippen LogP contribution in [0.1, 0.15) is 42.4 Å². The molecule has 0 aromatic carbocycles. The molecule has 26 heavy (non-hydrogen) atoms. The maximum absolute atomic E-state index is 12.7. The molecule has 1 atom stereocenters. The fourth-order valence-corrected chi connectivity index (χ4v) is 3.32. The highest BCUT2D eigenvalue weighted by molar-refractivity contribution is 9.10. The zero-order chi connectivity index (χ0) is 18.5. The molecule has 0 spiro atoms. The normalized spacial score (nSPS) is 17.2. The van der Waals surface area contributed by atoms with Crippen LogP contribution in [0.25, 0.3) is 0 Å². The SMILES string of the molecule is CCCc1cc(C(=O)N2CCCC(C(=O)Nc3ccc(Br)cn3)C2)n[nH]1. The zero-order valence-electron chi connectivity index (χ0n) is 14.7. The summed E-state index contributed by atoms with van der Waals surface area (Å²) in [5.74, 6) is 0.0410. The van der Waals surface area contributed by atoms with Crippen molar-refractivity contribution >= 4 is 33.6 Å². The molecule has 0 bridgehead atoms. The summed E-state index contributed by atoms with van der Waals surface area (Å²) < 4.78 is 0.853. The van der Waals surface area contributed by atoms with Crippen LogP contribution in [-0.2, 0) is 11.2 Å². The molecule has 8 heteroatoms. The number of nitrogens with one attached hydrogen (secondary N) is 2. The summed E-state index contributed by atoms with van der Waals surface area (Å²) in [6, 6.07) is 5.37. The Morgan fingerprint density at radius 1 is 1.42 bits per heavy atom. The summed E-state index contributed by atoms with van der Waals surface area (Å²) in [5.41, 5.74) is 1.38. The second-order valence-electron chi connectivity index (χ2n) is 6.47. The number of carbonyl (C=O) groups is 2. The van der Waals surface area contributed by atoms with Gasteiger partial charge in [-0.2, -0.15) is 5.10 Å². The third kappa shape index (κ3) is 4.49. The van der Waals surface area contributed by atoms with Gasteiger partial charge >= 0.3 is 0 Å².